The van der Waals surface area contributed by atoms with E-state index in [0.29, 0.717) is 11.5 Å². The molecule has 1 aliphatic carbocycles. The summed E-state index contributed by atoms with van der Waals surface area (Å²) in [5.74, 6) is -0.0715. The van der Waals surface area contributed by atoms with Gasteiger partial charge in [-0.15, -0.1) is 0 Å². The van der Waals surface area contributed by atoms with Crippen molar-refractivity contribution in [2.45, 2.75) is 32.2 Å². The number of carbonyl (C=O) groups is 2. The van der Waals surface area contributed by atoms with E-state index in [1.807, 2.05) is 6.92 Å². The third kappa shape index (κ3) is 3.97. The topological polar surface area (TPSA) is 95.5 Å². The highest BCUT2D eigenvalue weighted by atomic mass is 32.2. The first kappa shape index (κ1) is 14.9. The summed E-state index contributed by atoms with van der Waals surface area (Å²) in [4.78, 5) is 22.8. The van der Waals surface area contributed by atoms with Gasteiger partial charge in [0.2, 0.25) is 0 Å². The Morgan fingerprint density at radius 2 is 2.06 bits per heavy atom. The largest absolute Gasteiger partial charge is 0.480 e. The Labute approximate surface area is 109 Å². The Bertz CT molecular complexity index is 357. The molecular weight excluding hydrogens is 256 g/mol. The van der Waals surface area contributed by atoms with Gasteiger partial charge in [0.25, 0.3) is 0 Å². The summed E-state index contributed by atoms with van der Waals surface area (Å²) in [5, 5.41) is 14.2. The smallest absolute Gasteiger partial charge is 0.329 e. The van der Waals surface area contributed by atoms with E-state index in [-0.39, 0.29) is 12.5 Å². The molecule has 0 spiro atoms. The Morgan fingerprint density at radius 3 is 2.50 bits per heavy atom. The van der Waals surface area contributed by atoms with Crippen molar-refractivity contribution in [3.05, 3.63) is 0 Å². The van der Waals surface area contributed by atoms with Crippen LogP contribution in [-0.4, -0.2) is 44.9 Å². The summed E-state index contributed by atoms with van der Waals surface area (Å²) in [5.41, 5.74) is -1.20. The van der Waals surface area contributed by atoms with Gasteiger partial charge in [-0.3, -0.25) is 4.21 Å². The molecular formula is C11H20N2O4S. The van der Waals surface area contributed by atoms with Crippen molar-refractivity contribution in [3.8, 4) is 0 Å². The van der Waals surface area contributed by atoms with Gasteiger partial charge in [-0.1, -0.05) is 6.92 Å². The number of hydrogen-bond donors (Lipinski definition) is 3. The molecule has 0 aromatic carbocycles. The number of carboxylic acids is 1. The third-order valence-corrected chi connectivity index (χ3v) is 4.45. The van der Waals surface area contributed by atoms with Crippen LogP contribution in [0, 0.1) is 5.92 Å². The SMILES string of the molecule is CCS(=O)CCNC(=O)NC(C)(C(=O)O)C1CC1. The van der Waals surface area contributed by atoms with Crippen molar-refractivity contribution >= 4 is 22.8 Å². The lowest BCUT2D eigenvalue weighted by molar-refractivity contribution is -0.144. The van der Waals surface area contributed by atoms with Crippen LogP contribution in [0.15, 0.2) is 0 Å². The number of carboxylic acid groups (broad SMARTS) is 1. The standard InChI is InChI=1S/C11H20N2O4S/c1-3-18(17)7-6-12-10(16)13-11(2,9(14)15)8-4-5-8/h8H,3-7H2,1-2H3,(H,14,15)(H2,12,13,16). The summed E-state index contributed by atoms with van der Waals surface area (Å²) in [6.45, 7) is 3.62. The van der Waals surface area contributed by atoms with Crippen molar-refractivity contribution < 1.29 is 18.9 Å². The van der Waals surface area contributed by atoms with E-state index >= 15 is 0 Å². The highest BCUT2D eigenvalue weighted by molar-refractivity contribution is 7.84. The molecule has 0 bridgehead atoms. The van der Waals surface area contributed by atoms with E-state index < -0.39 is 28.3 Å². The molecule has 18 heavy (non-hydrogen) atoms. The molecule has 2 unspecified atom stereocenters. The van der Waals surface area contributed by atoms with E-state index in [4.69, 9.17) is 5.11 Å². The van der Waals surface area contributed by atoms with Gasteiger partial charge in [0.1, 0.15) is 5.54 Å². The van der Waals surface area contributed by atoms with Crippen LogP contribution in [0.25, 0.3) is 0 Å². The second kappa shape index (κ2) is 6.17. The fourth-order valence-corrected chi connectivity index (χ4v) is 2.31. The molecule has 1 saturated carbocycles. The fraction of sp³-hybridized carbons (Fsp3) is 0.818. The number of hydrogen-bond acceptors (Lipinski definition) is 3. The summed E-state index contributed by atoms with van der Waals surface area (Å²) >= 11 is 0. The van der Waals surface area contributed by atoms with Crippen LogP contribution in [0.3, 0.4) is 0 Å². The van der Waals surface area contributed by atoms with E-state index in [1.54, 1.807) is 0 Å². The molecule has 2 amide bonds. The molecule has 0 aromatic rings. The van der Waals surface area contributed by atoms with Crippen molar-refractivity contribution in [2.75, 3.05) is 18.1 Å². The molecule has 6 nitrogen and oxygen atoms in total. The predicted octanol–water partition coefficient (Wildman–Crippen LogP) is 0.308. The minimum absolute atomic E-state index is 0.00511. The fourth-order valence-electron chi connectivity index (χ4n) is 1.69. The molecule has 0 aromatic heterocycles. The molecule has 7 heteroatoms. The normalized spacial score (nSPS) is 19.7. The van der Waals surface area contributed by atoms with Crippen LogP contribution in [0.2, 0.25) is 0 Å². The highest BCUT2D eigenvalue weighted by Gasteiger charge is 2.48. The van der Waals surface area contributed by atoms with Crippen LogP contribution < -0.4 is 10.6 Å². The van der Waals surface area contributed by atoms with E-state index in [2.05, 4.69) is 10.6 Å². The van der Waals surface area contributed by atoms with Crippen LogP contribution in [-0.2, 0) is 15.6 Å². The average molecular weight is 276 g/mol. The zero-order valence-corrected chi connectivity index (χ0v) is 11.5. The minimum atomic E-state index is -1.20. The first-order valence-electron chi connectivity index (χ1n) is 6.04. The zero-order chi connectivity index (χ0) is 13.8. The first-order valence-corrected chi connectivity index (χ1v) is 7.53. The highest BCUT2D eigenvalue weighted by Crippen LogP contribution is 2.39. The molecule has 0 saturated heterocycles. The Hall–Kier alpha value is -1.11. The van der Waals surface area contributed by atoms with Gasteiger partial charge in [-0.25, -0.2) is 9.59 Å². The van der Waals surface area contributed by atoms with E-state index in [9.17, 15) is 13.8 Å². The lowest BCUT2D eigenvalue weighted by atomic mass is 9.96. The Balaban J connectivity index is 2.38. The van der Waals surface area contributed by atoms with Gasteiger partial charge in [-0.2, -0.15) is 0 Å². The third-order valence-electron chi connectivity index (χ3n) is 3.15. The molecule has 0 radical (unpaired) electrons. The molecule has 0 heterocycles. The molecule has 104 valence electrons. The maximum absolute atomic E-state index is 11.6. The van der Waals surface area contributed by atoms with Gasteiger partial charge >= 0.3 is 12.0 Å². The zero-order valence-electron chi connectivity index (χ0n) is 10.7. The first-order chi connectivity index (χ1) is 8.40. The Morgan fingerprint density at radius 1 is 1.44 bits per heavy atom. The van der Waals surface area contributed by atoms with Gasteiger partial charge in [0.05, 0.1) is 0 Å². The summed E-state index contributed by atoms with van der Waals surface area (Å²) in [7, 11) is -0.931. The van der Waals surface area contributed by atoms with Crippen LogP contribution in [0.4, 0.5) is 4.79 Å². The number of aliphatic carboxylic acids is 1. The van der Waals surface area contributed by atoms with Crippen molar-refractivity contribution in [2.24, 2.45) is 5.92 Å². The summed E-state index contributed by atoms with van der Waals surface area (Å²) < 4.78 is 11.2. The van der Waals surface area contributed by atoms with Crippen LogP contribution >= 0.6 is 0 Å². The van der Waals surface area contributed by atoms with Gasteiger partial charge in [0.15, 0.2) is 0 Å². The average Bonchev–Trinajstić information content (AvgIpc) is 3.12. The minimum Gasteiger partial charge on any atom is -0.480 e. The van der Waals surface area contributed by atoms with Crippen molar-refractivity contribution in [3.63, 3.8) is 0 Å². The molecule has 1 aliphatic rings. The number of amides is 2. The molecule has 1 fully saturated rings. The van der Waals surface area contributed by atoms with Crippen molar-refractivity contribution in [1.29, 1.82) is 0 Å². The second-order valence-electron chi connectivity index (χ2n) is 4.60. The Kier molecular flexibility index (Phi) is 5.13. The predicted molar refractivity (Wildman–Crippen MR) is 68.8 cm³/mol. The van der Waals surface area contributed by atoms with Gasteiger partial charge < -0.3 is 15.7 Å². The lowest BCUT2D eigenvalue weighted by Crippen LogP contribution is -2.57. The quantitative estimate of drug-likeness (QED) is 0.623. The maximum Gasteiger partial charge on any atom is 0.329 e. The maximum atomic E-state index is 11.6. The summed E-state index contributed by atoms with van der Waals surface area (Å²) in [6.07, 6.45) is 1.64. The molecule has 3 N–H and O–H groups in total. The van der Waals surface area contributed by atoms with Gasteiger partial charge in [0, 0.05) is 28.9 Å². The van der Waals surface area contributed by atoms with E-state index in [0.717, 1.165) is 12.8 Å². The van der Waals surface area contributed by atoms with Crippen LogP contribution in [0.5, 0.6) is 0 Å². The number of nitrogens with one attached hydrogen (secondary N) is 2. The molecule has 1 rings (SSSR count). The van der Waals surface area contributed by atoms with E-state index in [1.165, 1.54) is 6.92 Å². The molecule has 0 aliphatic heterocycles. The van der Waals surface area contributed by atoms with Gasteiger partial charge in [-0.05, 0) is 25.7 Å². The van der Waals surface area contributed by atoms with Crippen molar-refractivity contribution in [1.82, 2.24) is 10.6 Å². The summed E-state index contributed by atoms with van der Waals surface area (Å²) in [6, 6.07) is -0.514. The number of rotatable bonds is 7. The lowest BCUT2D eigenvalue weighted by Gasteiger charge is -2.26. The van der Waals surface area contributed by atoms with Crippen LogP contribution in [0.1, 0.15) is 26.7 Å². The molecule has 2 atom stereocenters. The number of urea groups is 1. The monoisotopic (exact) mass is 276 g/mol. The number of carbonyl (C=O) groups excluding carboxylic acids is 1. The second-order valence-corrected chi connectivity index (χ2v) is 6.46.